The first-order chi connectivity index (χ1) is 8.58. The zero-order valence-corrected chi connectivity index (χ0v) is 11.9. The average molecular weight is 247 g/mol. The molecule has 1 aliphatic heterocycles. The van der Waals surface area contributed by atoms with Crippen LogP contribution >= 0.6 is 0 Å². The van der Waals surface area contributed by atoms with Crippen LogP contribution in [0.1, 0.15) is 38.8 Å². The number of nitrogens with one attached hydrogen (secondary N) is 1. The second-order valence-electron chi connectivity index (χ2n) is 5.78. The molecule has 3 nitrogen and oxygen atoms in total. The van der Waals surface area contributed by atoms with E-state index in [-0.39, 0.29) is 0 Å². The van der Waals surface area contributed by atoms with Gasteiger partial charge in [-0.25, -0.2) is 0 Å². The lowest BCUT2D eigenvalue weighted by molar-refractivity contribution is 0.116. The third-order valence-corrected chi connectivity index (χ3v) is 4.28. The van der Waals surface area contributed by atoms with Crippen molar-refractivity contribution in [3.8, 4) is 0 Å². The molecule has 0 spiro atoms. The molecule has 0 aromatic carbocycles. The summed E-state index contributed by atoms with van der Waals surface area (Å²) in [5, 5.41) is 3.78. The molecule has 1 aliphatic rings. The molecule has 0 amide bonds. The van der Waals surface area contributed by atoms with E-state index < -0.39 is 0 Å². The van der Waals surface area contributed by atoms with Gasteiger partial charge in [0.1, 0.15) is 0 Å². The van der Waals surface area contributed by atoms with E-state index in [4.69, 9.17) is 0 Å². The highest BCUT2D eigenvalue weighted by Gasteiger charge is 2.29. The maximum atomic E-state index is 4.08. The zero-order chi connectivity index (χ0) is 13.1. The first kappa shape index (κ1) is 13.5. The molecule has 0 aliphatic carbocycles. The van der Waals surface area contributed by atoms with Crippen LogP contribution < -0.4 is 5.32 Å². The minimum absolute atomic E-state index is 0.399. The molecular formula is C15H25N3. The van der Waals surface area contributed by atoms with Gasteiger partial charge in [0.15, 0.2) is 0 Å². The lowest BCUT2D eigenvalue weighted by Gasteiger charge is -2.41. The number of piperidine rings is 1. The summed E-state index contributed by atoms with van der Waals surface area (Å²) in [6.45, 7) is 8.09. The molecule has 0 saturated carbocycles. The standard InChI is InChI=1S/C15H25N3/c1-11-10-18(4)12(2)9-15(11)17-13(3)14-5-7-16-8-6-14/h5-8,11-13,15,17H,9-10H2,1-4H3/t11?,12?,13-,15?/m0/s1. The number of hydrogen-bond acceptors (Lipinski definition) is 3. The van der Waals surface area contributed by atoms with Crippen molar-refractivity contribution in [3.63, 3.8) is 0 Å². The molecule has 1 saturated heterocycles. The summed E-state index contributed by atoms with van der Waals surface area (Å²) < 4.78 is 0. The van der Waals surface area contributed by atoms with Gasteiger partial charge in [-0.2, -0.15) is 0 Å². The minimum Gasteiger partial charge on any atom is -0.307 e. The van der Waals surface area contributed by atoms with E-state index in [0.717, 1.165) is 0 Å². The molecule has 2 rings (SSSR count). The number of rotatable bonds is 3. The Hall–Kier alpha value is -0.930. The molecule has 1 aromatic rings. The molecule has 1 aromatic heterocycles. The van der Waals surface area contributed by atoms with Gasteiger partial charge in [0.05, 0.1) is 0 Å². The third-order valence-electron chi connectivity index (χ3n) is 4.28. The highest BCUT2D eigenvalue weighted by molar-refractivity contribution is 5.14. The van der Waals surface area contributed by atoms with Crippen LogP contribution in [0.2, 0.25) is 0 Å². The van der Waals surface area contributed by atoms with E-state index in [9.17, 15) is 0 Å². The zero-order valence-electron chi connectivity index (χ0n) is 11.9. The van der Waals surface area contributed by atoms with Crippen molar-refractivity contribution in [2.75, 3.05) is 13.6 Å². The fourth-order valence-electron chi connectivity index (χ4n) is 2.84. The largest absolute Gasteiger partial charge is 0.307 e. The Labute approximate surface area is 111 Å². The SMILES string of the molecule is CC1CN(C)C(C)CC1N[C@@H](C)c1ccncc1. The van der Waals surface area contributed by atoms with E-state index in [2.05, 4.69) is 55.2 Å². The van der Waals surface area contributed by atoms with Gasteiger partial charge in [0.2, 0.25) is 0 Å². The van der Waals surface area contributed by atoms with E-state index in [1.165, 1.54) is 18.5 Å². The quantitative estimate of drug-likeness (QED) is 0.889. The first-order valence-electron chi connectivity index (χ1n) is 6.94. The summed E-state index contributed by atoms with van der Waals surface area (Å²) in [5.74, 6) is 0.704. The van der Waals surface area contributed by atoms with Gasteiger partial charge in [0, 0.05) is 37.1 Å². The monoisotopic (exact) mass is 247 g/mol. The molecule has 2 heterocycles. The summed E-state index contributed by atoms with van der Waals surface area (Å²) in [6, 6.07) is 5.88. The van der Waals surface area contributed by atoms with Gasteiger partial charge >= 0.3 is 0 Å². The summed E-state index contributed by atoms with van der Waals surface area (Å²) in [5.41, 5.74) is 1.32. The van der Waals surface area contributed by atoms with Crippen LogP contribution in [0, 0.1) is 5.92 Å². The Morgan fingerprint density at radius 3 is 2.67 bits per heavy atom. The Kier molecular flexibility index (Phi) is 4.36. The predicted molar refractivity (Wildman–Crippen MR) is 75.4 cm³/mol. The molecule has 3 unspecified atom stereocenters. The second kappa shape index (κ2) is 5.81. The lowest BCUT2D eigenvalue weighted by Crippen LogP contribution is -2.51. The van der Waals surface area contributed by atoms with Crippen molar-refractivity contribution < 1.29 is 0 Å². The molecule has 1 N–H and O–H groups in total. The predicted octanol–water partition coefficient (Wildman–Crippen LogP) is 2.46. The molecule has 18 heavy (non-hydrogen) atoms. The number of hydrogen-bond donors (Lipinski definition) is 1. The molecular weight excluding hydrogens is 222 g/mol. The van der Waals surface area contributed by atoms with Crippen LogP contribution in [-0.4, -0.2) is 35.6 Å². The van der Waals surface area contributed by atoms with Gasteiger partial charge in [-0.15, -0.1) is 0 Å². The van der Waals surface area contributed by atoms with Crippen molar-refractivity contribution in [2.45, 2.75) is 45.3 Å². The van der Waals surface area contributed by atoms with E-state index >= 15 is 0 Å². The first-order valence-corrected chi connectivity index (χ1v) is 6.94. The Balaban J connectivity index is 1.97. The molecule has 100 valence electrons. The summed E-state index contributed by atoms with van der Waals surface area (Å²) >= 11 is 0. The summed E-state index contributed by atoms with van der Waals surface area (Å²) in [7, 11) is 2.23. The van der Waals surface area contributed by atoms with Crippen molar-refractivity contribution >= 4 is 0 Å². The molecule has 0 radical (unpaired) electrons. The van der Waals surface area contributed by atoms with Crippen LogP contribution in [0.4, 0.5) is 0 Å². The molecule has 3 heteroatoms. The Morgan fingerprint density at radius 2 is 2.00 bits per heavy atom. The highest BCUT2D eigenvalue weighted by atomic mass is 15.2. The maximum Gasteiger partial charge on any atom is 0.0295 e. The van der Waals surface area contributed by atoms with Gasteiger partial charge in [-0.1, -0.05) is 6.92 Å². The second-order valence-corrected chi connectivity index (χ2v) is 5.78. The van der Waals surface area contributed by atoms with Crippen LogP contribution in [0.5, 0.6) is 0 Å². The summed E-state index contributed by atoms with van der Waals surface area (Å²) in [6.07, 6.45) is 4.97. The maximum absolute atomic E-state index is 4.08. The summed E-state index contributed by atoms with van der Waals surface area (Å²) in [4.78, 5) is 6.54. The van der Waals surface area contributed by atoms with Gasteiger partial charge in [0.25, 0.3) is 0 Å². The smallest absolute Gasteiger partial charge is 0.0295 e. The van der Waals surface area contributed by atoms with Crippen LogP contribution in [0.25, 0.3) is 0 Å². The van der Waals surface area contributed by atoms with Crippen molar-refractivity contribution in [1.82, 2.24) is 15.2 Å². The third kappa shape index (κ3) is 3.09. The highest BCUT2D eigenvalue weighted by Crippen LogP contribution is 2.23. The van der Waals surface area contributed by atoms with E-state index in [1.54, 1.807) is 0 Å². The van der Waals surface area contributed by atoms with Crippen LogP contribution in [0.3, 0.4) is 0 Å². The average Bonchev–Trinajstić information content (AvgIpc) is 2.37. The van der Waals surface area contributed by atoms with E-state index in [0.29, 0.717) is 24.0 Å². The fourth-order valence-corrected chi connectivity index (χ4v) is 2.84. The van der Waals surface area contributed by atoms with E-state index in [1.807, 2.05) is 12.4 Å². The molecule has 4 atom stereocenters. The molecule has 0 bridgehead atoms. The lowest BCUT2D eigenvalue weighted by atomic mass is 9.89. The number of aromatic nitrogens is 1. The number of likely N-dealkylation sites (tertiary alicyclic amines) is 1. The normalized spacial score (nSPS) is 31.2. The Morgan fingerprint density at radius 1 is 1.33 bits per heavy atom. The topological polar surface area (TPSA) is 28.2 Å². The minimum atomic E-state index is 0.399. The van der Waals surface area contributed by atoms with Crippen molar-refractivity contribution in [3.05, 3.63) is 30.1 Å². The van der Waals surface area contributed by atoms with Crippen molar-refractivity contribution in [2.24, 2.45) is 5.92 Å². The number of nitrogens with zero attached hydrogens (tertiary/aromatic N) is 2. The van der Waals surface area contributed by atoms with Crippen molar-refractivity contribution in [1.29, 1.82) is 0 Å². The van der Waals surface area contributed by atoms with Gasteiger partial charge in [-0.05, 0) is 50.9 Å². The number of pyridine rings is 1. The fraction of sp³-hybridized carbons (Fsp3) is 0.667. The molecule has 1 fully saturated rings. The van der Waals surface area contributed by atoms with Crippen LogP contribution in [-0.2, 0) is 0 Å². The van der Waals surface area contributed by atoms with Gasteiger partial charge < -0.3 is 10.2 Å². The van der Waals surface area contributed by atoms with Crippen LogP contribution in [0.15, 0.2) is 24.5 Å². The van der Waals surface area contributed by atoms with Gasteiger partial charge in [-0.3, -0.25) is 4.98 Å². The Bertz CT molecular complexity index is 365.